The van der Waals surface area contributed by atoms with Gasteiger partial charge in [-0.1, -0.05) is 36.3 Å². The third-order valence-electron chi connectivity index (χ3n) is 4.02. The van der Waals surface area contributed by atoms with Crippen LogP contribution in [-0.4, -0.2) is 30.8 Å². The maximum absolute atomic E-state index is 12.2. The number of sulfone groups is 1. The van der Waals surface area contributed by atoms with Crippen LogP contribution in [0.25, 0.3) is 0 Å². The average molecular weight is 385 g/mol. The lowest BCUT2D eigenvalue weighted by atomic mass is 10.1. The molecule has 8 heteroatoms. The van der Waals surface area contributed by atoms with Gasteiger partial charge in [-0.05, 0) is 41.8 Å². The van der Waals surface area contributed by atoms with Gasteiger partial charge in [-0.3, -0.25) is 10.1 Å². The minimum atomic E-state index is -3.31. The lowest BCUT2D eigenvalue weighted by Gasteiger charge is -2.02. The van der Waals surface area contributed by atoms with Crippen molar-refractivity contribution in [3.05, 3.63) is 71.1 Å². The van der Waals surface area contributed by atoms with E-state index >= 15 is 0 Å². The molecule has 0 atom stereocenters. The van der Waals surface area contributed by atoms with E-state index in [1.54, 1.807) is 0 Å². The summed E-state index contributed by atoms with van der Waals surface area (Å²) in [5, 5.41) is 10.3. The molecule has 7 nitrogen and oxygen atoms in total. The molecule has 0 aliphatic heterocycles. The van der Waals surface area contributed by atoms with Gasteiger partial charge in [0.25, 0.3) is 5.91 Å². The van der Waals surface area contributed by atoms with E-state index < -0.39 is 15.7 Å². The number of hydrogen-bond acceptors (Lipinski definition) is 6. The second-order valence-electron chi connectivity index (χ2n) is 6.10. The van der Waals surface area contributed by atoms with Crippen molar-refractivity contribution in [2.75, 3.05) is 11.6 Å². The zero-order chi connectivity index (χ0) is 19.4. The number of nitrogens with one attached hydrogen (secondary N) is 1. The summed E-state index contributed by atoms with van der Waals surface area (Å²) in [7, 11) is -3.31. The van der Waals surface area contributed by atoms with Crippen LogP contribution in [-0.2, 0) is 22.7 Å². The number of aryl methyl sites for hydroxylation is 1. The van der Waals surface area contributed by atoms with Crippen LogP contribution in [0.5, 0.6) is 0 Å². The largest absolute Gasteiger partial charge is 0.407 e. The van der Waals surface area contributed by atoms with E-state index in [0.29, 0.717) is 12.3 Å². The van der Waals surface area contributed by atoms with Gasteiger partial charge in [-0.15, -0.1) is 5.10 Å². The maximum Gasteiger partial charge on any atom is 0.322 e. The van der Waals surface area contributed by atoms with Crippen LogP contribution >= 0.6 is 0 Å². The van der Waals surface area contributed by atoms with E-state index in [-0.39, 0.29) is 16.5 Å². The molecule has 140 valence electrons. The molecule has 1 N–H and O–H groups in total. The van der Waals surface area contributed by atoms with Crippen LogP contribution in [0.1, 0.15) is 34.3 Å². The van der Waals surface area contributed by atoms with Gasteiger partial charge in [0.05, 0.1) is 11.3 Å². The molecule has 0 aliphatic rings. The van der Waals surface area contributed by atoms with Gasteiger partial charge >= 0.3 is 6.01 Å². The van der Waals surface area contributed by atoms with Gasteiger partial charge < -0.3 is 4.42 Å². The van der Waals surface area contributed by atoms with Crippen molar-refractivity contribution in [1.29, 1.82) is 0 Å². The molecular formula is C19H19N3O4S. The van der Waals surface area contributed by atoms with Crippen molar-refractivity contribution in [1.82, 2.24) is 10.2 Å². The molecule has 1 amide bonds. The Morgan fingerprint density at radius 1 is 1.00 bits per heavy atom. The summed E-state index contributed by atoms with van der Waals surface area (Å²) in [4.78, 5) is 12.4. The third-order valence-corrected chi connectivity index (χ3v) is 5.15. The molecule has 0 unspecified atom stereocenters. The molecule has 1 aromatic heterocycles. The van der Waals surface area contributed by atoms with Gasteiger partial charge in [-0.25, -0.2) is 8.42 Å². The molecule has 0 saturated carbocycles. The zero-order valence-corrected chi connectivity index (χ0v) is 15.8. The van der Waals surface area contributed by atoms with Crippen molar-refractivity contribution in [2.24, 2.45) is 0 Å². The van der Waals surface area contributed by atoms with E-state index in [2.05, 4.69) is 34.6 Å². The van der Waals surface area contributed by atoms with Gasteiger partial charge in [0.15, 0.2) is 9.84 Å². The van der Waals surface area contributed by atoms with Crippen molar-refractivity contribution >= 4 is 21.8 Å². The van der Waals surface area contributed by atoms with Crippen LogP contribution < -0.4 is 5.32 Å². The normalized spacial score (nSPS) is 11.3. The first-order chi connectivity index (χ1) is 12.8. The van der Waals surface area contributed by atoms with E-state index in [1.807, 2.05) is 12.1 Å². The highest BCUT2D eigenvalue weighted by atomic mass is 32.2. The number of amides is 1. The molecule has 0 radical (unpaired) electrons. The highest BCUT2D eigenvalue weighted by molar-refractivity contribution is 7.90. The predicted molar refractivity (Wildman–Crippen MR) is 100 cm³/mol. The Morgan fingerprint density at radius 3 is 2.22 bits per heavy atom. The second-order valence-corrected chi connectivity index (χ2v) is 8.11. The fraction of sp³-hybridized carbons (Fsp3) is 0.211. The zero-order valence-electron chi connectivity index (χ0n) is 15.0. The molecule has 0 saturated heterocycles. The summed E-state index contributed by atoms with van der Waals surface area (Å²) in [6.45, 7) is 2.09. The van der Waals surface area contributed by atoms with Gasteiger partial charge in [0, 0.05) is 11.8 Å². The van der Waals surface area contributed by atoms with E-state index in [9.17, 15) is 13.2 Å². The fourth-order valence-corrected chi connectivity index (χ4v) is 3.10. The number of rotatable bonds is 6. The standard InChI is InChI=1S/C19H19N3O4S/c1-3-13-4-6-14(7-5-13)12-17-21-22-19(26-17)20-18(23)15-8-10-16(11-9-15)27(2,24)25/h4-11H,3,12H2,1-2H3,(H,20,22,23). The Balaban J connectivity index is 1.65. The van der Waals surface area contributed by atoms with Crippen LogP contribution in [0.3, 0.4) is 0 Å². The van der Waals surface area contributed by atoms with E-state index in [0.717, 1.165) is 18.2 Å². The number of aromatic nitrogens is 2. The predicted octanol–water partition coefficient (Wildman–Crippen LogP) is 2.88. The topological polar surface area (TPSA) is 102 Å². The Kier molecular flexibility index (Phi) is 5.36. The quantitative estimate of drug-likeness (QED) is 0.700. The molecule has 0 fully saturated rings. The SMILES string of the molecule is CCc1ccc(Cc2nnc(NC(=O)c3ccc(S(C)(=O)=O)cc3)o2)cc1. The second kappa shape index (κ2) is 7.71. The van der Waals surface area contributed by atoms with Gasteiger partial charge in [0.2, 0.25) is 5.89 Å². The van der Waals surface area contributed by atoms with Crippen LogP contribution in [0.2, 0.25) is 0 Å². The van der Waals surface area contributed by atoms with Gasteiger partial charge in [-0.2, -0.15) is 0 Å². The van der Waals surface area contributed by atoms with Crippen molar-refractivity contribution in [3.63, 3.8) is 0 Å². The monoisotopic (exact) mass is 385 g/mol. The molecule has 0 aliphatic carbocycles. The summed E-state index contributed by atoms with van der Waals surface area (Å²) in [6.07, 6.45) is 2.55. The number of nitrogens with zero attached hydrogens (tertiary/aromatic N) is 2. The molecule has 3 rings (SSSR count). The Hall–Kier alpha value is -3.00. The number of carbonyl (C=O) groups is 1. The molecule has 0 bridgehead atoms. The Labute approximate surface area is 157 Å². The minimum Gasteiger partial charge on any atom is -0.407 e. The molecule has 1 heterocycles. The van der Waals surface area contributed by atoms with Crippen molar-refractivity contribution in [2.45, 2.75) is 24.7 Å². The number of hydrogen-bond donors (Lipinski definition) is 1. The fourth-order valence-electron chi connectivity index (χ4n) is 2.47. The van der Waals surface area contributed by atoms with Crippen LogP contribution in [0, 0.1) is 0 Å². The first-order valence-corrected chi connectivity index (χ1v) is 10.3. The van der Waals surface area contributed by atoms with E-state index in [1.165, 1.54) is 29.8 Å². The van der Waals surface area contributed by atoms with Crippen molar-refractivity contribution in [3.8, 4) is 0 Å². The number of anilines is 1. The average Bonchev–Trinajstić information content (AvgIpc) is 3.08. The summed E-state index contributed by atoms with van der Waals surface area (Å²) < 4.78 is 28.4. The third kappa shape index (κ3) is 4.79. The van der Waals surface area contributed by atoms with Gasteiger partial charge in [0.1, 0.15) is 0 Å². The number of carbonyl (C=O) groups excluding carboxylic acids is 1. The summed E-state index contributed by atoms with van der Waals surface area (Å²) in [6, 6.07) is 13.7. The lowest BCUT2D eigenvalue weighted by Crippen LogP contribution is -2.12. The molecular weight excluding hydrogens is 366 g/mol. The van der Waals surface area contributed by atoms with Crippen LogP contribution in [0.15, 0.2) is 57.8 Å². The first-order valence-electron chi connectivity index (χ1n) is 8.37. The Morgan fingerprint density at radius 2 is 1.63 bits per heavy atom. The summed E-state index contributed by atoms with van der Waals surface area (Å²) in [5.74, 6) is -0.0699. The highest BCUT2D eigenvalue weighted by Crippen LogP contribution is 2.15. The lowest BCUT2D eigenvalue weighted by molar-refractivity contribution is 0.102. The molecule has 0 spiro atoms. The smallest absolute Gasteiger partial charge is 0.322 e. The summed E-state index contributed by atoms with van der Waals surface area (Å²) in [5.41, 5.74) is 2.57. The van der Waals surface area contributed by atoms with Crippen molar-refractivity contribution < 1.29 is 17.6 Å². The van der Waals surface area contributed by atoms with Crippen LogP contribution in [0.4, 0.5) is 6.01 Å². The maximum atomic E-state index is 12.2. The Bertz CT molecular complexity index is 1040. The molecule has 3 aromatic rings. The summed E-state index contributed by atoms with van der Waals surface area (Å²) >= 11 is 0. The highest BCUT2D eigenvalue weighted by Gasteiger charge is 2.13. The first kappa shape index (κ1) is 18.8. The molecule has 27 heavy (non-hydrogen) atoms. The minimum absolute atomic E-state index is 0.00707. The van der Waals surface area contributed by atoms with E-state index in [4.69, 9.17) is 4.42 Å². The molecule has 2 aromatic carbocycles. The number of benzene rings is 2.